The molecule has 0 fully saturated rings. The van der Waals surface area contributed by atoms with Crippen molar-refractivity contribution in [3.8, 4) is 0 Å². The number of benzene rings is 2. The van der Waals surface area contributed by atoms with Crippen LogP contribution in [0.3, 0.4) is 0 Å². The smallest absolute Gasteiger partial charge is 0.286 e. The van der Waals surface area contributed by atoms with Gasteiger partial charge in [0.25, 0.3) is 5.91 Å². The number of aromatic nitrogens is 1. The molecule has 1 aromatic heterocycles. The summed E-state index contributed by atoms with van der Waals surface area (Å²) in [5.41, 5.74) is 5.36. The summed E-state index contributed by atoms with van der Waals surface area (Å²) in [4.78, 5) is 20.2. The lowest BCUT2D eigenvalue weighted by atomic mass is 10.1. The van der Waals surface area contributed by atoms with Gasteiger partial charge in [0.1, 0.15) is 0 Å². The number of anilines is 1. The second kappa shape index (κ2) is 6.26. The van der Waals surface area contributed by atoms with E-state index in [-0.39, 0.29) is 5.91 Å². The number of hydrogen-bond donors (Lipinski definition) is 2. The number of rotatable bonds is 2. The van der Waals surface area contributed by atoms with Gasteiger partial charge in [-0.2, -0.15) is 4.99 Å². The molecule has 4 rings (SSSR count). The lowest BCUT2D eigenvalue weighted by Gasteiger charge is -2.08. The zero-order valence-corrected chi connectivity index (χ0v) is 14.8. The summed E-state index contributed by atoms with van der Waals surface area (Å²) in [6, 6.07) is 14.2. The molecule has 1 aliphatic heterocycles. The Morgan fingerprint density at radius 3 is 2.84 bits per heavy atom. The maximum absolute atomic E-state index is 12.2. The summed E-state index contributed by atoms with van der Waals surface area (Å²) >= 11 is 1.37. The van der Waals surface area contributed by atoms with Gasteiger partial charge in [0.05, 0.1) is 4.91 Å². The third-order valence-corrected chi connectivity index (χ3v) is 5.05. The molecule has 25 heavy (non-hydrogen) atoms. The van der Waals surface area contributed by atoms with Crippen LogP contribution in [0.1, 0.15) is 16.7 Å². The van der Waals surface area contributed by atoms with E-state index < -0.39 is 0 Å². The molecule has 2 N–H and O–H groups in total. The van der Waals surface area contributed by atoms with Gasteiger partial charge in [0, 0.05) is 28.4 Å². The second-order valence-corrected chi connectivity index (χ2v) is 7.10. The Hall–Kier alpha value is -2.79. The highest BCUT2D eigenvalue weighted by Gasteiger charge is 2.22. The zero-order chi connectivity index (χ0) is 17.4. The van der Waals surface area contributed by atoms with Gasteiger partial charge in [-0.15, -0.1) is 0 Å². The number of amides is 1. The van der Waals surface area contributed by atoms with Gasteiger partial charge in [-0.05, 0) is 49.4 Å². The predicted octanol–water partition coefficient (Wildman–Crippen LogP) is 4.87. The molecule has 1 aliphatic rings. The molecule has 0 saturated carbocycles. The predicted molar refractivity (Wildman–Crippen MR) is 106 cm³/mol. The number of amidine groups is 1. The number of para-hydroxylation sites is 1. The molecule has 0 unspecified atom stereocenters. The van der Waals surface area contributed by atoms with Crippen molar-refractivity contribution in [2.75, 3.05) is 5.32 Å². The van der Waals surface area contributed by atoms with Crippen LogP contribution in [-0.4, -0.2) is 16.1 Å². The molecule has 0 aliphatic carbocycles. The Morgan fingerprint density at radius 1 is 1.16 bits per heavy atom. The van der Waals surface area contributed by atoms with Crippen molar-refractivity contribution in [2.45, 2.75) is 13.8 Å². The van der Waals surface area contributed by atoms with E-state index in [0.29, 0.717) is 10.1 Å². The minimum absolute atomic E-state index is 0.206. The van der Waals surface area contributed by atoms with Crippen LogP contribution < -0.4 is 5.32 Å². The summed E-state index contributed by atoms with van der Waals surface area (Å²) in [5, 5.41) is 4.97. The number of nitrogens with zero attached hydrogens (tertiary/aromatic N) is 1. The van der Waals surface area contributed by atoms with Gasteiger partial charge in [0.2, 0.25) is 0 Å². The van der Waals surface area contributed by atoms with E-state index in [0.717, 1.165) is 27.7 Å². The topological polar surface area (TPSA) is 57.2 Å². The van der Waals surface area contributed by atoms with Crippen molar-refractivity contribution in [1.29, 1.82) is 0 Å². The van der Waals surface area contributed by atoms with Crippen molar-refractivity contribution in [3.63, 3.8) is 0 Å². The van der Waals surface area contributed by atoms with Crippen LogP contribution in [0, 0.1) is 13.8 Å². The van der Waals surface area contributed by atoms with Crippen LogP contribution in [0.25, 0.3) is 17.0 Å². The summed E-state index contributed by atoms with van der Waals surface area (Å²) in [5.74, 6) is -0.206. The van der Waals surface area contributed by atoms with Crippen LogP contribution in [-0.2, 0) is 4.79 Å². The number of fused-ring (bicyclic) bond motifs is 1. The summed E-state index contributed by atoms with van der Waals surface area (Å²) in [6.45, 7) is 4.10. The van der Waals surface area contributed by atoms with Gasteiger partial charge < -0.3 is 10.3 Å². The van der Waals surface area contributed by atoms with E-state index in [1.54, 1.807) is 0 Å². The second-order valence-electron chi connectivity index (χ2n) is 6.07. The fourth-order valence-corrected chi connectivity index (χ4v) is 3.70. The molecular weight excluding hydrogens is 330 g/mol. The van der Waals surface area contributed by atoms with Crippen LogP contribution in [0.15, 0.2) is 58.6 Å². The molecule has 0 saturated heterocycles. The molecule has 124 valence electrons. The molecular formula is C20H17N3OS. The lowest BCUT2D eigenvalue weighted by molar-refractivity contribution is -0.113. The monoisotopic (exact) mass is 347 g/mol. The van der Waals surface area contributed by atoms with Crippen molar-refractivity contribution in [2.24, 2.45) is 4.99 Å². The number of carbonyl (C=O) groups excluding carboxylic acids is 1. The van der Waals surface area contributed by atoms with Crippen LogP contribution in [0.4, 0.5) is 5.69 Å². The molecule has 0 atom stereocenters. The number of carbonyl (C=O) groups is 1. The molecule has 0 bridgehead atoms. The fourth-order valence-electron chi connectivity index (χ4n) is 2.89. The Bertz CT molecular complexity index is 1050. The first-order valence-electron chi connectivity index (χ1n) is 8.03. The lowest BCUT2D eigenvalue weighted by Crippen LogP contribution is -2.06. The molecule has 5 heteroatoms. The minimum atomic E-state index is -0.206. The molecule has 3 aromatic rings. The van der Waals surface area contributed by atoms with E-state index in [1.165, 1.54) is 17.3 Å². The van der Waals surface area contributed by atoms with Gasteiger partial charge >= 0.3 is 0 Å². The molecule has 4 nitrogen and oxygen atoms in total. The SMILES string of the molecule is Cc1ccc(NC2=NC(=O)/C(=C/c3c[nH]c4ccccc34)S2)c(C)c1. The Morgan fingerprint density at radius 2 is 2.00 bits per heavy atom. The summed E-state index contributed by atoms with van der Waals surface area (Å²) in [7, 11) is 0. The molecule has 0 spiro atoms. The third kappa shape index (κ3) is 3.10. The number of hydrogen-bond acceptors (Lipinski definition) is 3. The van der Waals surface area contributed by atoms with Crippen LogP contribution in [0.5, 0.6) is 0 Å². The molecule has 1 amide bonds. The molecule has 2 aromatic carbocycles. The van der Waals surface area contributed by atoms with Gasteiger partial charge in [-0.1, -0.05) is 35.9 Å². The molecule has 2 heterocycles. The standard InChI is InChI=1S/C20H17N3OS/c1-12-7-8-16(13(2)9-12)22-20-23-19(24)18(25-20)10-14-11-21-17-6-4-3-5-15(14)17/h3-11,21H,1-2H3,(H,22,23,24)/b18-10-. The molecule has 0 radical (unpaired) electrons. The Labute approximate surface area is 150 Å². The highest BCUT2D eigenvalue weighted by Crippen LogP contribution is 2.31. The van der Waals surface area contributed by atoms with Crippen LogP contribution in [0.2, 0.25) is 0 Å². The fraction of sp³-hybridized carbons (Fsp3) is 0.100. The van der Waals surface area contributed by atoms with Crippen molar-refractivity contribution >= 4 is 45.5 Å². The first-order chi connectivity index (χ1) is 12.1. The normalized spacial score (nSPS) is 15.8. The van der Waals surface area contributed by atoms with Crippen molar-refractivity contribution in [3.05, 3.63) is 70.3 Å². The van der Waals surface area contributed by atoms with E-state index >= 15 is 0 Å². The Kier molecular flexibility index (Phi) is 3.93. The largest absolute Gasteiger partial charge is 0.361 e. The average Bonchev–Trinajstić information content (AvgIpc) is 3.15. The number of aryl methyl sites for hydroxylation is 2. The number of aliphatic imine (C=N–C) groups is 1. The van der Waals surface area contributed by atoms with E-state index in [4.69, 9.17) is 0 Å². The zero-order valence-electron chi connectivity index (χ0n) is 14.0. The Balaban J connectivity index is 1.58. The average molecular weight is 347 g/mol. The number of thioether (sulfide) groups is 1. The van der Waals surface area contributed by atoms with Gasteiger partial charge in [-0.25, -0.2) is 0 Å². The summed E-state index contributed by atoms with van der Waals surface area (Å²) < 4.78 is 0. The van der Waals surface area contributed by atoms with Gasteiger partial charge in [0.15, 0.2) is 5.17 Å². The van der Waals surface area contributed by atoms with E-state index in [2.05, 4.69) is 28.3 Å². The number of H-pyrrole nitrogens is 1. The van der Waals surface area contributed by atoms with Crippen LogP contribution >= 0.6 is 11.8 Å². The van der Waals surface area contributed by atoms with E-state index in [1.807, 2.05) is 55.6 Å². The maximum atomic E-state index is 12.2. The van der Waals surface area contributed by atoms with Crippen molar-refractivity contribution in [1.82, 2.24) is 4.98 Å². The first-order valence-corrected chi connectivity index (χ1v) is 8.85. The van der Waals surface area contributed by atoms with Gasteiger partial charge in [-0.3, -0.25) is 4.79 Å². The maximum Gasteiger partial charge on any atom is 0.286 e. The highest BCUT2D eigenvalue weighted by molar-refractivity contribution is 8.18. The highest BCUT2D eigenvalue weighted by atomic mass is 32.2. The number of aromatic amines is 1. The third-order valence-electron chi connectivity index (χ3n) is 4.15. The number of nitrogens with one attached hydrogen (secondary N) is 2. The summed E-state index contributed by atoms with van der Waals surface area (Å²) in [6.07, 6.45) is 3.81. The van der Waals surface area contributed by atoms with E-state index in [9.17, 15) is 4.79 Å². The quantitative estimate of drug-likeness (QED) is 0.650. The first kappa shape index (κ1) is 15.7. The minimum Gasteiger partial charge on any atom is -0.361 e. The van der Waals surface area contributed by atoms with Crippen molar-refractivity contribution < 1.29 is 4.79 Å².